The number of nitrogens with zero attached hydrogens (tertiary/aromatic N) is 2. The standard InChI is InChI=1S/C25H30N4O6/c1-28(25(33)10-16-5-6-22-20(9-16)27-24(32)15-35-22)21(13-29-8-7-18(30)12-29)17-3-2-4-19(11-17)34-14-23(26)31/h2-6,9,11,18,21,30H,7-8,10,12-15H2,1H3,(H2,26,31)(H,27,32)/t18?,21-/m1/s1. The third kappa shape index (κ3) is 6.28. The van der Waals surface area contributed by atoms with Gasteiger partial charge < -0.3 is 30.5 Å². The molecule has 186 valence electrons. The van der Waals surface area contributed by atoms with Crippen LogP contribution in [-0.2, 0) is 20.8 Å². The Morgan fingerprint density at radius 3 is 2.89 bits per heavy atom. The maximum Gasteiger partial charge on any atom is 0.262 e. The van der Waals surface area contributed by atoms with Gasteiger partial charge in [0.25, 0.3) is 11.8 Å². The molecule has 10 heteroatoms. The van der Waals surface area contributed by atoms with Gasteiger partial charge in [0.15, 0.2) is 13.2 Å². The van der Waals surface area contributed by atoms with Crippen LogP contribution in [0.5, 0.6) is 11.5 Å². The van der Waals surface area contributed by atoms with E-state index < -0.39 is 5.91 Å². The van der Waals surface area contributed by atoms with Gasteiger partial charge in [-0.1, -0.05) is 18.2 Å². The molecule has 35 heavy (non-hydrogen) atoms. The number of hydrogen-bond acceptors (Lipinski definition) is 7. The normalized spacial score (nSPS) is 18.2. The van der Waals surface area contributed by atoms with Crippen molar-refractivity contribution in [1.29, 1.82) is 0 Å². The van der Waals surface area contributed by atoms with Gasteiger partial charge in [-0.2, -0.15) is 0 Å². The molecule has 4 N–H and O–H groups in total. The molecular weight excluding hydrogens is 452 g/mol. The number of aliphatic hydroxyl groups excluding tert-OH is 1. The summed E-state index contributed by atoms with van der Waals surface area (Å²) in [4.78, 5) is 39.9. The van der Waals surface area contributed by atoms with Gasteiger partial charge in [-0.3, -0.25) is 19.3 Å². The third-order valence-electron chi connectivity index (χ3n) is 6.20. The van der Waals surface area contributed by atoms with E-state index in [1.807, 2.05) is 18.2 Å². The lowest BCUT2D eigenvalue weighted by Crippen LogP contribution is -2.39. The highest BCUT2D eigenvalue weighted by Crippen LogP contribution is 2.30. The Kier molecular flexibility index (Phi) is 7.52. The summed E-state index contributed by atoms with van der Waals surface area (Å²) in [6, 6.07) is 12.2. The summed E-state index contributed by atoms with van der Waals surface area (Å²) < 4.78 is 10.9. The van der Waals surface area contributed by atoms with Crippen LogP contribution >= 0.6 is 0 Å². The Labute approximate surface area is 203 Å². The molecule has 2 aliphatic rings. The largest absolute Gasteiger partial charge is 0.484 e. The second-order valence-corrected chi connectivity index (χ2v) is 8.89. The van der Waals surface area contributed by atoms with E-state index in [2.05, 4.69) is 10.2 Å². The number of anilines is 1. The van der Waals surface area contributed by atoms with E-state index in [9.17, 15) is 19.5 Å². The average molecular weight is 483 g/mol. The fourth-order valence-electron chi connectivity index (χ4n) is 4.35. The average Bonchev–Trinajstić information content (AvgIpc) is 3.25. The zero-order valence-electron chi connectivity index (χ0n) is 19.6. The van der Waals surface area contributed by atoms with Gasteiger partial charge in [-0.25, -0.2) is 0 Å². The fraction of sp³-hybridized carbons (Fsp3) is 0.400. The number of β-amino-alcohol motifs (C(OH)–C–C–N with tert-alkyl or cyclic N) is 1. The molecule has 0 radical (unpaired) electrons. The number of fused-ring (bicyclic) bond motifs is 1. The molecule has 2 heterocycles. The van der Waals surface area contributed by atoms with Crippen LogP contribution in [0.4, 0.5) is 5.69 Å². The van der Waals surface area contributed by atoms with E-state index in [-0.39, 0.29) is 43.6 Å². The number of amides is 3. The summed E-state index contributed by atoms with van der Waals surface area (Å²) >= 11 is 0. The smallest absolute Gasteiger partial charge is 0.262 e. The molecule has 4 rings (SSSR count). The van der Waals surface area contributed by atoms with Crippen molar-refractivity contribution in [2.45, 2.75) is 25.0 Å². The number of likely N-dealkylation sites (tertiary alicyclic amines) is 1. The van der Waals surface area contributed by atoms with Crippen molar-refractivity contribution >= 4 is 23.4 Å². The Hall–Kier alpha value is -3.63. The lowest BCUT2D eigenvalue weighted by atomic mass is 10.0. The summed E-state index contributed by atoms with van der Waals surface area (Å²) in [5.41, 5.74) is 7.34. The lowest BCUT2D eigenvalue weighted by Gasteiger charge is -2.32. The molecule has 0 bridgehead atoms. The van der Waals surface area contributed by atoms with Crippen LogP contribution in [0.25, 0.3) is 0 Å². The van der Waals surface area contributed by atoms with Gasteiger partial charge in [0, 0.05) is 26.7 Å². The number of benzene rings is 2. The molecule has 1 saturated heterocycles. The molecule has 2 aromatic rings. The van der Waals surface area contributed by atoms with Gasteiger partial charge in [0.1, 0.15) is 11.5 Å². The number of hydrogen-bond donors (Lipinski definition) is 3. The number of rotatable bonds is 9. The van der Waals surface area contributed by atoms with Gasteiger partial charge in [-0.15, -0.1) is 0 Å². The first kappa shape index (κ1) is 24.5. The molecule has 0 saturated carbocycles. The molecule has 0 spiro atoms. The highest BCUT2D eigenvalue weighted by Gasteiger charge is 2.29. The number of nitrogens with one attached hydrogen (secondary N) is 1. The Morgan fingerprint density at radius 2 is 2.14 bits per heavy atom. The zero-order chi connectivity index (χ0) is 24.9. The second kappa shape index (κ2) is 10.7. The fourth-order valence-corrected chi connectivity index (χ4v) is 4.35. The number of primary amides is 1. The number of carbonyl (C=O) groups excluding carboxylic acids is 3. The first-order valence-electron chi connectivity index (χ1n) is 11.5. The van der Waals surface area contributed by atoms with Crippen LogP contribution in [0.15, 0.2) is 42.5 Å². The monoisotopic (exact) mass is 482 g/mol. The van der Waals surface area contributed by atoms with E-state index in [0.717, 1.165) is 17.7 Å². The first-order chi connectivity index (χ1) is 16.8. The molecule has 2 atom stereocenters. The minimum Gasteiger partial charge on any atom is -0.484 e. The van der Waals surface area contributed by atoms with E-state index in [1.54, 1.807) is 36.2 Å². The number of likely N-dealkylation sites (N-methyl/N-ethyl adjacent to an activating group) is 1. The Morgan fingerprint density at radius 1 is 1.31 bits per heavy atom. The van der Waals surface area contributed by atoms with Gasteiger partial charge in [0.2, 0.25) is 5.91 Å². The van der Waals surface area contributed by atoms with Crippen LogP contribution in [-0.4, -0.2) is 78.6 Å². The van der Waals surface area contributed by atoms with Crippen molar-refractivity contribution in [1.82, 2.24) is 9.80 Å². The van der Waals surface area contributed by atoms with Crippen LogP contribution < -0.4 is 20.5 Å². The summed E-state index contributed by atoms with van der Waals surface area (Å²) in [7, 11) is 1.75. The summed E-state index contributed by atoms with van der Waals surface area (Å²) in [6.45, 7) is 1.55. The topological polar surface area (TPSA) is 134 Å². The highest BCUT2D eigenvalue weighted by atomic mass is 16.5. The number of aliphatic hydroxyl groups is 1. The van der Waals surface area contributed by atoms with Crippen LogP contribution in [0, 0.1) is 0 Å². The number of nitrogens with two attached hydrogens (primary N) is 1. The molecular formula is C25H30N4O6. The van der Waals surface area contributed by atoms with Crippen molar-refractivity contribution in [2.24, 2.45) is 5.73 Å². The highest BCUT2D eigenvalue weighted by molar-refractivity contribution is 5.95. The van der Waals surface area contributed by atoms with Crippen molar-refractivity contribution in [3.05, 3.63) is 53.6 Å². The van der Waals surface area contributed by atoms with Gasteiger partial charge in [0.05, 0.1) is 24.3 Å². The van der Waals surface area contributed by atoms with Crippen LogP contribution in [0.3, 0.4) is 0 Å². The maximum absolute atomic E-state index is 13.3. The van der Waals surface area contributed by atoms with E-state index in [4.69, 9.17) is 15.2 Å². The molecule has 3 amide bonds. The predicted molar refractivity (Wildman–Crippen MR) is 128 cm³/mol. The van der Waals surface area contributed by atoms with E-state index >= 15 is 0 Å². The van der Waals surface area contributed by atoms with Crippen molar-refractivity contribution in [3.8, 4) is 11.5 Å². The summed E-state index contributed by atoms with van der Waals surface area (Å²) in [6.07, 6.45) is 0.445. The quantitative estimate of drug-likeness (QED) is 0.479. The van der Waals surface area contributed by atoms with Crippen LogP contribution in [0.1, 0.15) is 23.6 Å². The van der Waals surface area contributed by atoms with Gasteiger partial charge in [-0.05, 0) is 41.8 Å². The number of carbonyl (C=O) groups is 3. The molecule has 0 aliphatic carbocycles. The van der Waals surface area contributed by atoms with Crippen LogP contribution in [0.2, 0.25) is 0 Å². The molecule has 1 unspecified atom stereocenters. The van der Waals surface area contributed by atoms with Crippen molar-refractivity contribution in [3.63, 3.8) is 0 Å². The minimum atomic E-state index is -0.572. The van der Waals surface area contributed by atoms with Crippen molar-refractivity contribution in [2.75, 3.05) is 45.2 Å². The van der Waals surface area contributed by atoms with E-state index in [1.165, 1.54) is 0 Å². The minimum absolute atomic E-state index is 0.0247. The third-order valence-corrected chi connectivity index (χ3v) is 6.20. The zero-order valence-corrected chi connectivity index (χ0v) is 19.6. The molecule has 0 aromatic heterocycles. The molecule has 2 aromatic carbocycles. The Balaban J connectivity index is 1.53. The lowest BCUT2D eigenvalue weighted by molar-refractivity contribution is -0.131. The molecule has 1 fully saturated rings. The summed E-state index contributed by atoms with van der Waals surface area (Å²) in [5, 5.41) is 12.7. The molecule has 10 nitrogen and oxygen atoms in total. The second-order valence-electron chi connectivity index (χ2n) is 8.89. The predicted octanol–water partition coefficient (Wildman–Crippen LogP) is 0.690. The maximum atomic E-state index is 13.3. The van der Waals surface area contributed by atoms with E-state index in [0.29, 0.717) is 36.7 Å². The summed E-state index contributed by atoms with van der Waals surface area (Å²) in [5.74, 6) is 0.147. The Bertz CT molecular complexity index is 1110. The van der Waals surface area contributed by atoms with Crippen molar-refractivity contribution < 1.29 is 29.0 Å². The SMILES string of the molecule is CN(C(=O)Cc1ccc2c(c1)NC(=O)CO2)[C@H](CN1CCC(O)C1)c1cccc(OCC(N)=O)c1. The van der Waals surface area contributed by atoms with Gasteiger partial charge >= 0.3 is 0 Å². The molecule has 2 aliphatic heterocycles. The number of ether oxygens (including phenoxy) is 2. The first-order valence-corrected chi connectivity index (χ1v) is 11.5.